The van der Waals surface area contributed by atoms with Crippen LogP contribution in [0.4, 0.5) is 0 Å². The second-order valence-electron chi connectivity index (χ2n) is 5.18. The third-order valence-corrected chi connectivity index (χ3v) is 4.50. The number of hydrazine groups is 1. The minimum absolute atomic E-state index is 0.160. The fourth-order valence-corrected chi connectivity index (χ4v) is 3.52. The Bertz CT molecular complexity index is 716. The highest BCUT2D eigenvalue weighted by Crippen LogP contribution is 2.32. The summed E-state index contributed by atoms with van der Waals surface area (Å²) in [6, 6.07) is 11.9. The molecule has 0 unspecified atom stereocenters. The lowest BCUT2D eigenvalue weighted by molar-refractivity contribution is -0.119. The number of carbonyl (C=O) groups excluding carboxylic acids is 1. The maximum atomic E-state index is 11.9. The molecule has 0 aliphatic heterocycles. The molecule has 1 amide bonds. The molecule has 0 radical (unpaired) electrons. The van der Waals surface area contributed by atoms with Crippen molar-refractivity contribution in [3.63, 3.8) is 0 Å². The zero-order valence-electron chi connectivity index (χ0n) is 12.9. The highest BCUT2D eigenvalue weighted by molar-refractivity contribution is 8.00. The molecule has 7 heteroatoms. The average molecular weight is 368 g/mol. The Morgan fingerprint density at radius 1 is 1.22 bits per heavy atom. The molecule has 4 nitrogen and oxygen atoms in total. The molecule has 23 heavy (non-hydrogen) atoms. The van der Waals surface area contributed by atoms with Crippen molar-refractivity contribution in [2.24, 2.45) is 0 Å². The Morgan fingerprint density at radius 2 is 1.91 bits per heavy atom. The van der Waals surface area contributed by atoms with Crippen molar-refractivity contribution in [1.82, 2.24) is 16.2 Å². The summed E-state index contributed by atoms with van der Waals surface area (Å²) in [6.45, 7) is 3.94. The Balaban J connectivity index is 1.94. The molecule has 2 aromatic rings. The van der Waals surface area contributed by atoms with Crippen LogP contribution in [-0.2, 0) is 4.79 Å². The normalized spacial score (nSPS) is 10.6. The SMILES string of the molecule is CC(C)NC(=S)NNC(=O)CSc1cccc2cccc(Cl)c12. The van der Waals surface area contributed by atoms with Crippen LogP contribution in [-0.4, -0.2) is 22.8 Å². The van der Waals surface area contributed by atoms with Crippen LogP contribution in [0.15, 0.2) is 41.3 Å². The summed E-state index contributed by atoms with van der Waals surface area (Å²) in [5, 5.41) is 6.10. The van der Waals surface area contributed by atoms with Gasteiger partial charge in [-0.3, -0.25) is 15.6 Å². The number of nitrogens with one attached hydrogen (secondary N) is 3. The zero-order chi connectivity index (χ0) is 16.8. The summed E-state index contributed by atoms with van der Waals surface area (Å²) in [5.41, 5.74) is 5.25. The van der Waals surface area contributed by atoms with Crippen molar-refractivity contribution in [3.8, 4) is 0 Å². The van der Waals surface area contributed by atoms with Crippen molar-refractivity contribution >= 4 is 57.4 Å². The maximum Gasteiger partial charge on any atom is 0.248 e. The number of fused-ring (bicyclic) bond motifs is 1. The van der Waals surface area contributed by atoms with Gasteiger partial charge in [-0.2, -0.15) is 0 Å². The molecule has 0 aromatic heterocycles. The van der Waals surface area contributed by atoms with E-state index in [0.29, 0.717) is 10.1 Å². The molecule has 122 valence electrons. The topological polar surface area (TPSA) is 53.2 Å². The number of carbonyl (C=O) groups is 1. The summed E-state index contributed by atoms with van der Waals surface area (Å²) < 4.78 is 0. The first-order valence-corrected chi connectivity index (χ1v) is 8.90. The van der Waals surface area contributed by atoms with Crippen molar-refractivity contribution in [1.29, 1.82) is 0 Å². The lowest BCUT2D eigenvalue weighted by Crippen LogP contribution is -2.49. The first-order chi connectivity index (χ1) is 11.0. The van der Waals surface area contributed by atoms with Gasteiger partial charge in [-0.15, -0.1) is 11.8 Å². The molecule has 0 fully saturated rings. The van der Waals surface area contributed by atoms with E-state index in [2.05, 4.69) is 16.2 Å². The summed E-state index contributed by atoms with van der Waals surface area (Å²) >= 11 is 12.8. The average Bonchev–Trinajstić information content (AvgIpc) is 2.50. The molecule has 0 bridgehead atoms. The molecule has 0 aliphatic rings. The van der Waals surface area contributed by atoms with Crippen LogP contribution >= 0.6 is 35.6 Å². The van der Waals surface area contributed by atoms with Crippen molar-refractivity contribution in [2.75, 3.05) is 5.75 Å². The lowest BCUT2D eigenvalue weighted by Gasteiger charge is -2.14. The minimum atomic E-state index is -0.160. The molecule has 2 aromatic carbocycles. The lowest BCUT2D eigenvalue weighted by atomic mass is 10.1. The van der Waals surface area contributed by atoms with Gasteiger partial charge in [-0.05, 0) is 43.6 Å². The van der Waals surface area contributed by atoms with Gasteiger partial charge in [0.2, 0.25) is 5.91 Å². The van der Waals surface area contributed by atoms with Crippen molar-refractivity contribution < 1.29 is 4.79 Å². The molecule has 2 rings (SSSR count). The highest BCUT2D eigenvalue weighted by atomic mass is 35.5. The van der Waals surface area contributed by atoms with Gasteiger partial charge < -0.3 is 5.32 Å². The van der Waals surface area contributed by atoms with Gasteiger partial charge in [0.1, 0.15) is 0 Å². The second-order valence-corrected chi connectivity index (χ2v) is 7.02. The van der Waals surface area contributed by atoms with Crippen LogP contribution in [0, 0.1) is 0 Å². The number of hydrogen-bond donors (Lipinski definition) is 3. The van der Waals surface area contributed by atoms with E-state index in [0.717, 1.165) is 15.7 Å². The second kappa shape index (κ2) is 8.38. The fraction of sp³-hybridized carbons (Fsp3) is 0.250. The van der Waals surface area contributed by atoms with Gasteiger partial charge in [0.15, 0.2) is 5.11 Å². The number of thiocarbonyl (C=S) groups is 1. The first kappa shape index (κ1) is 17.8. The zero-order valence-corrected chi connectivity index (χ0v) is 15.2. The fourth-order valence-electron chi connectivity index (χ4n) is 1.99. The molecule has 0 heterocycles. The molecular weight excluding hydrogens is 350 g/mol. The van der Waals surface area contributed by atoms with E-state index < -0.39 is 0 Å². The molecule has 0 atom stereocenters. The van der Waals surface area contributed by atoms with Crippen molar-refractivity contribution in [3.05, 3.63) is 41.4 Å². The van der Waals surface area contributed by atoms with E-state index in [1.165, 1.54) is 11.8 Å². The smallest absolute Gasteiger partial charge is 0.248 e. The number of halogens is 1. The van der Waals surface area contributed by atoms with E-state index in [4.69, 9.17) is 23.8 Å². The predicted molar refractivity (Wildman–Crippen MR) is 102 cm³/mol. The number of amides is 1. The van der Waals surface area contributed by atoms with Crippen LogP contribution < -0.4 is 16.2 Å². The van der Waals surface area contributed by atoms with Crippen LogP contribution in [0.3, 0.4) is 0 Å². The van der Waals surface area contributed by atoms with E-state index in [-0.39, 0.29) is 17.7 Å². The van der Waals surface area contributed by atoms with Crippen LogP contribution in [0.2, 0.25) is 5.02 Å². The predicted octanol–water partition coefficient (Wildman–Crippen LogP) is 3.49. The minimum Gasteiger partial charge on any atom is -0.359 e. The van der Waals surface area contributed by atoms with Gasteiger partial charge in [-0.25, -0.2) is 0 Å². The highest BCUT2D eigenvalue weighted by Gasteiger charge is 2.08. The van der Waals surface area contributed by atoms with E-state index in [1.54, 1.807) is 0 Å². The molecule has 0 aliphatic carbocycles. The largest absolute Gasteiger partial charge is 0.359 e. The summed E-state index contributed by atoms with van der Waals surface area (Å²) in [5.74, 6) is 0.105. The first-order valence-electron chi connectivity index (χ1n) is 7.12. The van der Waals surface area contributed by atoms with Crippen LogP contribution in [0.25, 0.3) is 10.8 Å². The number of thioether (sulfide) groups is 1. The van der Waals surface area contributed by atoms with Crippen LogP contribution in [0.5, 0.6) is 0 Å². The molecule has 0 saturated heterocycles. The number of hydrogen-bond acceptors (Lipinski definition) is 3. The Morgan fingerprint density at radius 3 is 2.61 bits per heavy atom. The van der Waals surface area contributed by atoms with Gasteiger partial charge in [-0.1, -0.05) is 35.9 Å². The van der Waals surface area contributed by atoms with Gasteiger partial charge in [0.05, 0.1) is 5.75 Å². The third kappa shape index (κ3) is 5.27. The van der Waals surface area contributed by atoms with E-state index in [1.807, 2.05) is 50.2 Å². The maximum absolute atomic E-state index is 11.9. The van der Waals surface area contributed by atoms with Crippen LogP contribution in [0.1, 0.15) is 13.8 Å². The third-order valence-electron chi connectivity index (χ3n) is 2.91. The monoisotopic (exact) mass is 367 g/mol. The number of benzene rings is 2. The van der Waals surface area contributed by atoms with Gasteiger partial charge in [0.25, 0.3) is 0 Å². The Kier molecular flexibility index (Phi) is 6.50. The number of rotatable bonds is 4. The Labute approximate surface area is 150 Å². The summed E-state index contributed by atoms with van der Waals surface area (Å²) in [7, 11) is 0. The molecule has 0 saturated carbocycles. The molecular formula is C16H18ClN3OS2. The van der Waals surface area contributed by atoms with Gasteiger partial charge in [0, 0.05) is 21.3 Å². The molecule has 3 N–H and O–H groups in total. The standard InChI is InChI=1S/C16H18ClN3OS2/c1-10(2)18-16(22)20-19-14(21)9-23-13-8-4-6-11-5-3-7-12(17)15(11)13/h3-8,10H,9H2,1-2H3,(H,19,21)(H2,18,20,22). The molecule has 0 spiro atoms. The quantitative estimate of drug-likeness (QED) is 0.439. The van der Waals surface area contributed by atoms with Crippen molar-refractivity contribution in [2.45, 2.75) is 24.8 Å². The summed E-state index contributed by atoms with van der Waals surface area (Å²) in [6.07, 6.45) is 0. The van der Waals surface area contributed by atoms with E-state index >= 15 is 0 Å². The summed E-state index contributed by atoms with van der Waals surface area (Å²) in [4.78, 5) is 12.9. The Hall–Kier alpha value is -1.50. The van der Waals surface area contributed by atoms with E-state index in [9.17, 15) is 4.79 Å². The van der Waals surface area contributed by atoms with Gasteiger partial charge >= 0.3 is 0 Å².